The maximum atomic E-state index is 4.20. The summed E-state index contributed by atoms with van der Waals surface area (Å²) in [6.45, 7) is 1.95. The molecule has 0 aliphatic heterocycles. The number of nitrogens with zero attached hydrogens (tertiary/aromatic N) is 2. The first-order valence-corrected chi connectivity index (χ1v) is 6.69. The molecular formula is C12H10Br2N2. The molecule has 1 aromatic heterocycles. The fourth-order valence-electron chi connectivity index (χ4n) is 1.44. The second-order valence-corrected chi connectivity index (χ2v) is 6.50. The quantitative estimate of drug-likeness (QED) is 0.763. The van der Waals surface area contributed by atoms with Gasteiger partial charge >= 0.3 is 0 Å². The summed E-state index contributed by atoms with van der Waals surface area (Å²) in [7, 11) is 0. The highest BCUT2D eigenvalue weighted by molar-refractivity contribution is 9.24. The summed E-state index contributed by atoms with van der Waals surface area (Å²) in [6, 6.07) is 12.1. The van der Waals surface area contributed by atoms with Gasteiger partial charge in [-0.05, 0) is 13.0 Å². The lowest BCUT2D eigenvalue weighted by molar-refractivity contribution is 0.964. The smallest absolute Gasteiger partial charge is 0.0965 e. The van der Waals surface area contributed by atoms with Crippen molar-refractivity contribution in [1.29, 1.82) is 0 Å². The predicted octanol–water partition coefficient (Wildman–Crippen LogP) is 4.24. The predicted molar refractivity (Wildman–Crippen MR) is 72.8 cm³/mol. The molecule has 0 bridgehead atoms. The molecule has 0 radical (unpaired) electrons. The summed E-state index contributed by atoms with van der Waals surface area (Å²) < 4.78 is 0.109. The lowest BCUT2D eigenvalue weighted by Crippen LogP contribution is -1.96. The second-order valence-electron chi connectivity index (χ2n) is 3.44. The molecule has 16 heavy (non-hydrogen) atoms. The van der Waals surface area contributed by atoms with Crippen LogP contribution >= 0.6 is 31.9 Å². The fraction of sp³-hybridized carbons (Fsp3) is 0.167. The number of hydrogen-bond donors (Lipinski definition) is 0. The van der Waals surface area contributed by atoms with Crippen molar-refractivity contribution in [3.05, 3.63) is 47.7 Å². The highest BCUT2D eigenvalue weighted by Gasteiger charge is 2.10. The van der Waals surface area contributed by atoms with Crippen molar-refractivity contribution in [1.82, 2.24) is 10.2 Å². The van der Waals surface area contributed by atoms with Crippen LogP contribution < -0.4 is 0 Å². The van der Waals surface area contributed by atoms with E-state index in [4.69, 9.17) is 0 Å². The first-order valence-electron chi connectivity index (χ1n) is 4.86. The van der Waals surface area contributed by atoms with Crippen LogP contribution in [0.4, 0.5) is 0 Å². The Labute approximate surface area is 111 Å². The third-order valence-corrected chi connectivity index (χ3v) is 3.31. The molecule has 0 unspecified atom stereocenters. The van der Waals surface area contributed by atoms with E-state index in [9.17, 15) is 0 Å². The van der Waals surface area contributed by atoms with Gasteiger partial charge in [-0.25, -0.2) is 0 Å². The van der Waals surface area contributed by atoms with Crippen LogP contribution in [0, 0.1) is 6.92 Å². The van der Waals surface area contributed by atoms with Crippen LogP contribution in [0.15, 0.2) is 36.4 Å². The van der Waals surface area contributed by atoms with E-state index in [1.165, 1.54) is 0 Å². The highest BCUT2D eigenvalue weighted by atomic mass is 79.9. The van der Waals surface area contributed by atoms with Gasteiger partial charge in [0.15, 0.2) is 0 Å². The molecule has 82 valence electrons. The summed E-state index contributed by atoms with van der Waals surface area (Å²) in [6.07, 6.45) is 0. The van der Waals surface area contributed by atoms with Gasteiger partial charge in [0.25, 0.3) is 0 Å². The van der Waals surface area contributed by atoms with E-state index < -0.39 is 0 Å². The normalized spacial score (nSPS) is 10.8. The van der Waals surface area contributed by atoms with E-state index in [0.29, 0.717) is 0 Å². The minimum absolute atomic E-state index is 0.109. The average molecular weight is 342 g/mol. The van der Waals surface area contributed by atoms with Crippen LogP contribution in [-0.4, -0.2) is 10.2 Å². The second kappa shape index (κ2) is 5.06. The molecule has 1 aromatic carbocycles. The zero-order valence-corrected chi connectivity index (χ0v) is 11.9. The van der Waals surface area contributed by atoms with E-state index >= 15 is 0 Å². The maximum Gasteiger partial charge on any atom is 0.0965 e. The molecule has 2 nitrogen and oxygen atoms in total. The van der Waals surface area contributed by atoms with Gasteiger partial charge < -0.3 is 0 Å². The van der Waals surface area contributed by atoms with Crippen LogP contribution in [0.25, 0.3) is 11.3 Å². The summed E-state index contributed by atoms with van der Waals surface area (Å²) >= 11 is 6.98. The van der Waals surface area contributed by atoms with E-state index in [-0.39, 0.29) is 3.74 Å². The van der Waals surface area contributed by atoms with Crippen LogP contribution in [0.5, 0.6) is 0 Å². The van der Waals surface area contributed by atoms with Crippen LogP contribution in [0.2, 0.25) is 0 Å². The van der Waals surface area contributed by atoms with E-state index in [0.717, 1.165) is 22.5 Å². The molecule has 0 spiro atoms. The van der Waals surface area contributed by atoms with Gasteiger partial charge in [0.2, 0.25) is 0 Å². The van der Waals surface area contributed by atoms with Gasteiger partial charge in [0.05, 0.1) is 15.1 Å². The van der Waals surface area contributed by atoms with Gasteiger partial charge in [-0.2, -0.15) is 10.2 Å². The molecule has 0 atom stereocenters. The Balaban J connectivity index is 2.48. The van der Waals surface area contributed by atoms with E-state index in [1.807, 2.05) is 43.3 Å². The molecule has 2 aromatic rings. The molecule has 0 fully saturated rings. The van der Waals surface area contributed by atoms with Gasteiger partial charge in [-0.1, -0.05) is 62.2 Å². The van der Waals surface area contributed by atoms with Crippen molar-refractivity contribution in [2.75, 3.05) is 0 Å². The molecule has 0 aliphatic rings. The Morgan fingerprint density at radius 1 is 1.06 bits per heavy atom. The fourth-order valence-corrected chi connectivity index (χ4v) is 2.37. The van der Waals surface area contributed by atoms with Crippen molar-refractivity contribution in [3.63, 3.8) is 0 Å². The van der Waals surface area contributed by atoms with Crippen molar-refractivity contribution >= 4 is 31.9 Å². The van der Waals surface area contributed by atoms with Gasteiger partial charge in [-0.3, -0.25) is 0 Å². The Morgan fingerprint density at radius 2 is 1.75 bits per heavy atom. The molecule has 0 saturated carbocycles. The van der Waals surface area contributed by atoms with Gasteiger partial charge in [-0.15, -0.1) is 0 Å². The Hall–Kier alpha value is -0.740. The third kappa shape index (κ3) is 2.50. The van der Waals surface area contributed by atoms with E-state index in [2.05, 4.69) is 42.1 Å². The number of halogens is 2. The lowest BCUT2D eigenvalue weighted by Gasteiger charge is -2.07. The van der Waals surface area contributed by atoms with Crippen LogP contribution in [0.3, 0.4) is 0 Å². The highest BCUT2D eigenvalue weighted by Crippen LogP contribution is 2.32. The van der Waals surface area contributed by atoms with Crippen molar-refractivity contribution in [3.8, 4) is 11.3 Å². The number of rotatable bonds is 2. The summed E-state index contributed by atoms with van der Waals surface area (Å²) in [5.41, 5.74) is 4.01. The van der Waals surface area contributed by atoms with E-state index in [1.54, 1.807) is 0 Å². The van der Waals surface area contributed by atoms with Crippen molar-refractivity contribution < 1.29 is 0 Å². The minimum Gasteiger partial charge on any atom is -0.155 e. The number of alkyl halides is 2. The molecule has 1 heterocycles. The summed E-state index contributed by atoms with van der Waals surface area (Å²) in [5, 5.41) is 8.37. The minimum atomic E-state index is 0.109. The monoisotopic (exact) mass is 340 g/mol. The molecule has 0 aliphatic carbocycles. The van der Waals surface area contributed by atoms with Gasteiger partial charge in [0.1, 0.15) is 0 Å². The van der Waals surface area contributed by atoms with Crippen LogP contribution in [0.1, 0.15) is 15.0 Å². The number of aromatic nitrogens is 2. The van der Waals surface area contributed by atoms with Crippen molar-refractivity contribution in [2.24, 2.45) is 0 Å². The molecule has 0 N–H and O–H groups in total. The first-order chi connectivity index (χ1) is 7.68. The first kappa shape index (κ1) is 11.7. The van der Waals surface area contributed by atoms with Gasteiger partial charge in [0, 0.05) is 11.1 Å². The SMILES string of the molecule is Cc1nnc(-c2ccccc2)cc1C(Br)Br. The average Bonchev–Trinajstić information content (AvgIpc) is 2.30. The Kier molecular flexibility index (Phi) is 3.71. The summed E-state index contributed by atoms with van der Waals surface area (Å²) in [4.78, 5) is 0. The molecule has 4 heteroatoms. The Bertz CT molecular complexity index is 484. The lowest BCUT2D eigenvalue weighted by atomic mass is 10.1. The zero-order chi connectivity index (χ0) is 11.5. The topological polar surface area (TPSA) is 25.8 Å². The maximum absolute atomic E-state index is 4.20. The number of hydrogen-bond acceptors (Lipinski definition) is 2. The molecule has 0 amide bonds. The van der Waals surface area contributed by atoms with Crippen LogP contribution in [-0.2, 0) is 0 Å². The molecular weight excluding hydrogens is 332 g/mol. The number of benzene rings is 1. The largest absolute Gasteiger partial charge is 0.155 e. The molecule has 0 saturated heterocycles. The summed E-state index contributed by atoms with van der Waals surface area (Å²) in [5.74, 6) is 0. The zero-order valence-electron chi connectivity index (χ0n) is 8.69. The number of aryl methyl sites for hydroxylation is 1. The standard InChI is InChI=1S/C12H10Br2N2/c1-8-10(12(13)14)7-11(16-15-8)9-5-3-2-4-6-9/h2-7,12H,1H3. The third-order valence-electron chi connectivity index (χ3n) is 2.32. The van der Waals surface area contributed by atoms with Crippen molar-refractivity contribution in [2.45, 2.75) is 10.7 Å². The molecule has 2 rings (SSSR count). The Morgan fingerprint density at radius 3 is 2.38 bits per heavy atom.